The first kappa shape index (κ1) is 32.2. The zero-order valence-electron chi connectivity index (χ0n) is 29.9. The van der Waals surface area contributed by atoms with Crippen molar-refractivity contribution in [3.8, 4) is 73.2 Å². The molecule has 2 aromatic heterocycles. The third-order valence-electron chi connectivity index (χ3n) is 10.3. The predicted octanol–water partition coefficient (Wildman–Crippen LogP) is 13.0. The summed E-state index contributed by atoms with van der Waals surface area (Å²) in [6.07, 6.45) is 0. The minimum Gasteiger partial charge on any atom is -0.309 e. The highest BCUT2D eigenvalue weighted by Gasteiger charge is 2.17. The van der Waals surface area contributed by atoms with Gasteiger partial charge in [-0.15, -0.1) is 0 Å². The van der Waals surface area contributed by atoms with Gasteiger partial charge in [0.2, 0.25) is 0 Å². The van der Waals surface area contributed by atoms with E-state index in [4.69, 9.17) is 15.0 Å². The van der Waals surface area contributed by atoms with Gasteiger partial charge >= 0.3 is 0 Å². The monoisotopic (exact) mass is 702 g/mol. The lowest BCUT2D eigenvalue weighted by Crippen LogP contribution is -2.00. The molecule has 0 aliphatic heterocycles. The van der Waals surface area contributed by atoms with Crippen LogP contribution in [0.1, 0.15) is 0 Å². The van der Waals surface area contributed by atoms with E-state index in [0.29, 0.717) is 17.5 Å². The summed E-state index contributed by atoms with van der Waals surface area (Å²) in [5, 5.41) is 2.50. The predicted molar refractivity (Wildman–Crippen MR) is 227 cm³/mol. The lowest BCUT2D eigenvalue weighted by Gasteiger charge is -2.12. The highest BCUT2D eigenvalue weighted by molar-refractivity contribution is 6.15. The number of fused-ring (bicyclic) bond motifs is 3. The summed E-state index contributed by atoms with van der Waals surface area (Å²) in [5.41, 5.74) is 13.3. The second kappa shape index (κ2) is 13.8. The highest BCUT2D eigenvalue weighted by Crippen LogP contribution is 2.39. The van der Waals surface area contributed by atoms with Crippen molar-refractivity contribution < 1.29 is 0 Å². The molecule has 0 bridgehead atoms. The van der Waals surface area contributed by atoms with Crippen molar-refractivity contribution in [3.63, 3.8) is 0 Å². The highest BCUT2D eigenvalue weighted by atomic mass is 15.0. The Kier molecular flexibility index (Phi) is 8.12. The second-order valence-electron chi connectivity index (χ2n) is 13.7. The molecule has 0 unspecified atom stereocenters. The number of rotatable bonds is 7. The summed E-state index contributed by atoms with van der Waals surface area (Å²) in [6.45, 7) is 0. The van der Waals surface area contributed by atoms with Crippen molar-refractivity contribution in [2.75, 3.05) is 0 Å². The van der Waals surface area contributed by atoms with E-state index in [2.05, 4.69) is 174 Å². The van der Waals surface area contributed by atoms with Crippen molar-refractivity contribution in [2.24, 2.45) is 0 Å². The van der Waals surface area contributed by atoms with Crippen LogP contribution in [-0.2, 0) is 0 Å². The van der Waals surface area contributed by atoms with Gasteiger partial charge in [0.1, 0.15) is 0 Å². The SMILES string of the molecule is c1ccc(-c2ccc(-c3nc(-c4ccccc4)nc(-c4ccc(-c5cccc(-n6c7ccccc7c7c(-c8ccccc8)cccc76)c5)cc4)n3)cc2)cc1. The summed E-state index contributed by atoms with van der Waals surface area (Å²) >= 11 is 0. The molecule has 0 saturated heterocycles. The minimum atomic E-state index is 0.635. The third-order valence-corrected chi connectivity index (χ3v) is 10.3. The van der Waals surface area contributed by atoms with Gasteiger partial charge in [0.15, 0.2) is 17.5 Å². The van der Waals surface area contributed by atoms with E-state index in [1.807, 2.05) is 36.4 Å². The van der Waals surface area contributed by atoms with Gasteiger partial charge in [-0.25, -0.2) is 15.0 Å². The molecule has 0 aliphatic rings. The number of benzene rings is 8. The van der Waals surface area contributed by atoms with E-state index in [1.54, 1.807) is 0 Å². The minimum absolute atomic E-state index is 0.635. The van der Waals surface area contributed by atoms with E-state index in [-0.39, 0.29) is 0 Å². The second-order valence-corrected chi connectivity index (χ2v) is 13.7. The van der Waals surface area contributed by atoms with Crippen LogP contribution in [0.25, 0.3) is 95.0 Å². The third kappa shape index (κ3) is 6.06. The molecule has 0 radical (unpaired) electrons. The van der Waals surface area contributed by atoms with Crippen LogP contribution in [0.15, 0.2) is 206 Å². The molecule has 4 heteroatoms. The average molecular weight is 703 g/mol. The van der Waals surface area contributed by atoms with Crippen molar-refractivity contribution in [2.45, 2.75) is 0 Å². The zero-order valence-corrected chi connectivity index (χ0v) is 29.9. The topological polar surface area (TPSA) is 43.6 Å². The lowest BCUT2D eigenvalue weighted by atomic mass is 9.99. The fraction of sp³-hybridized carbons (Fsp3) is 0. The van der Waals surface area contributed by atoms with Gasteiger partial charge in [0.05, 0.1) is 11.0 Å². The first-order chi connectivity index (χ1) is 27.3. The largest absolute Gasteiger partial charge is 0.309 e. The van der Waals surface area contributed by atoms with Crippen LogP contribution in [0.3, 0.4) is 0 Å². The van der Waals surface area contributed by atoms with Gasteiger partial charge < -0.3 is 4.57 Å². The number of aromatic nitrogens is 4. The first-order valence-electron chi connectivity index (χ1n) is 18.5. The Morgan fingerprint density at radius 1 is 0.291 bits per heavy atom. The Hall–Kier alpha value is -7.43. The number of hydrogen-bond donors (Lipinski definition) is 0. The van der Waals surface area contributed by atoms with E-state index in [0.717, 1.165) is 39.1 Å². The smallest absolute Gasteiger partial charge is 0.164 e. The van der Waals surface area contributed by atoms with Crippen molar-refractivity contribution in [1.82, 2.24) is 19.5 Å². The summed E-state index contributed by atoms with van der Waals surface area (Å²) in [5.74, 6) is 1.92. The van der Waals surface area contributed by atoms with Crippen molar-refractivity contribution >= 4 is 21.8 Å². The Bertz CT molecular complexity index is 2930. The van der Waals surface area contributed by atoms with E-state index in [9.17, 15) is 0 Å². The van der Waals surface area contributed by atoms with Crippen molar-refractivity contribution in [1.29, 1.82) is 0 Å². The molecular formula is C51H34N4. The fourth-order valence-electron chi connectivity index (χ4n) is 7.58. The molecule has 0 N–H and O–H groups in total. The van der Waals surface area contributed by atoms with Crippen LogP contribution in [0, 0.1) is 0 Å². The van der Waals surface area contributed by atoms with Crippen LogP contribution in [0.5, 0.6) is 0 Å². The Labute approximate surface area is 319 Å². The first-order valence-corrected chi connectivity index (χ1v) is 18.5. The van der Waals surface area contributed by atoms with E-state index < -0.39 is 0 Å². The molecule has 0 spiro atoms. The van der Waals surface area contributed by atoms with Gasteiger partial charge in [0, 0.05) is 33.2 Å². The van der Waals surface area contributed by atoms with Gasteiger partial charge in [-0.2, -0.15) is 0 Å². The molecule has 2 heterocycles. The fourth-order valence-corrected chi connectivity index (χ4v) is 7.58. The van der Waals surface area contributed by atoms with Gasteiger partial charge in [-0.1, -0.05) is 182 Å². The average Bonchev–Trinajstić information content (AvgIpc) is 3.62. The Morgan fingerprint density at radius 2 is 0.709 bits per heavy atom. The molecule has 10 rings (SSSR count). The number of para-hydroxylation sites is 1. The zero-order chi connectivity index (χ0) is 36.6. The van der Waals surface area contributed by atoms with E-state index >= 15 is 0 Å². The van der Waals surface area contributed by atoms with Crippen LogP contribution in [0.2, 0.25) is 0 Å². The van der Waals surface area contributed by atoms with Gasteiger partial charge in [-0.3, -0.25) is 0 Å². The maximum absolute atomic E-state index is 5.01. The standard InChI is InChI=1S/C51H34N4/c1-4-14-35(15-5-1)36-26-30-40(31-27-36)50-52-49(39-18-8-3-9-19-39)53-51(54-50)41-32-28-37(29-33-41)42-20-12-21-43(34-42)55-46-24-11-10-22-45(46)48-44(23-13-25-47(48)55)38-16-6-2-7-17-38/h1-34H. The molecule has 0 amide bonds. The molecular weight excluding hydrogens is 669 g/mol. The molecule has 0 fully saturated rings. The summed E-state index contributed by atoms with van der Waals surface area (Å²) in [4.78, 5) is 14.9. The maximum Gasteiger partial charge on any atom is 0.164 e. The molecule has 4 nitrogen and oxygen atoms in total. The quantitative estimate of drug-likeness (QED) is 0.166. The molecule has 0 aliphatic carbocycles. The normalized spacial score (nSPS) is 11.3. The summed E-state index contributed by atoms with van der Waals surface area (Å²) in [6, 6.07) is 72.3. The molecule has 0 atom stereocenters. The molecule has 258 valence electrons. The van der Waals surface area contributed by atoms with E-state index in [1.165, 1.54) is 38.5 Å². The molecule has 55 heavy (non-hydrogen) atoms. The molecule has 0 saturated carbocycles. The van der Waals surface area contributed by atoms with Crippen LogP contribution in [-0.4, -0.2) is 19.5 Å². The van der Waals surface area contributed by atoms with Crippen LogP contribution in [0.4, 0.5) is 0 Å². The summed E-state index contributed by atoms with van der Waals surface area (Å²) < 4.78 is 2.39. The number of nitrogens with zero attached hydrogens (tertiary/aromatic N) is 4. The van der Waals surface area contributed by atoms with Crippen LogP contribution >= 0.6 is 0 Å². The molecule has 8 aromatic carbocycles. The summed E-state index contributed by atoms with van der Waals surface area (Å²) in [7, 11) is 0. The van der Waals surface area contributed by atoms with Crippen molar-refractivity contribution in [3.05, 3.63) is 206 Å². The Balaban J connectivity index is 1.02. The van der Waals surface area contributed by atoms with Gasteiger partial charge in [0.25, 0.3) is 0 Å². The maximum atomic E-state index is 5.01. The lowest BCUT2D eigenvalue weighted by molar-refractivity contribution is 1.07. The Morgan fingerprint density at radius 3 is 1.33 bits per heavy atom. The van der Waals surface area contributed by atoms with Gasteiger partial charge in [-0.05, 0) is 57.6 Å². The molecule has 10 aromatic rings. The van der Waals surface area contributed by atoms with Crippen LogP contribution < -0.4 is 0 Å². The number of hydrogen-bond acceptors (Lipinski definition) is 3.